The number of benzene rings is 1. The molecule has 0 spiro atoms. The number of aromatic nitrogens is 2. The van der Waals surface area contributed by atoms with Crippen LogP contribution >= 0.6 is 11.8 Å². The summed E-state index contributed by atoms with van der Waals surface area (Å²) in [5.41, 5.74) is 9.28. The zero-order valence-electron chi connectivity index (χ0n) is 10.2. The van der Waals surface area contributed by atoms with Gasteiger partial charge in [-0.15, -0.1) is 11.8 Å². The van der Waals surface area contributed by atoms with Crippen molar-refractivity contribution in [2.45, 2.75) is 25.3 Å². The Hall–Kier alpha value is -1.26. The predicted octanol–water partition coefficient (Wildman–Crippen LogP) is 2.75. The van der Waals surface area contributed by atoms with Crippen LogP contribution in [0.2, 0.25) is 0 Å². The molecular weight excluding hydrogens is 230 g/mol. The van der Waals surface area contributed by atoms with Gasteiger partial charge in [0, 0.05) is 23.2 Å². The third-order valence-corrected chi connectivity index (χ3v) is 3.55. The maximum absolute atomic E-state index is 5.87. The second kappa shape index (κ2) is 5.38. The smallest absolute Gasteiger partial charge is 0.0701 e. The molecule has 3 nitrogen and oxygen atoms in total. The molecule has 0 bridgehead atoms. The minimum absolute atomic E-state index is 0.539. The van der Waals surface area contributed by atoms with Crippen LogP contribution in [-0.2, 0) is 6.54 Å². The Bertz CT molecular complexity index is 505. The van der Waals surface area contributed by atoms with E-state index in [1.807, 2.05) is 35.8 Å². The molecule has 2 aromatic rings. The van der Waals surface area contributed by atoms with E-state index in [0.29, 0.717) is 6.54 Å². The summed E-state index contributed by atoms with van der Waals surface area (Å²) >= 11 is 1.82. The van der Waals surface area contributed by atoms with Gasteiger partial charge >= 0.3 is 0 Å². The average Bonchev–Trinajstić information content (AvgIpc) is 2.76. The van der Waals surface area contributed by atoms with E-state index < -0.39 is 0 Å². The van der Waals surface area contributed by atoms with Crippen LogP contribution in [0.3, 0.4) is 0 Å². The summed E-state index contributed by atoms with van der Waals surface area (Å²) in [4.78, 5) is 1.25. The molecule has 0 radical (unpaired) electrons. The van der Waals surface area contributed by atoms with Crippen LogP contribution in [0.15, 0.2) is 35.5 Å². The molecule has 0 aliphatic heterocycles. The van der Waals surface area contributed by atoms with Crippen molar-refractivity contribution in [1.82, 2.24) is 9.78 Å². The first-order chi connectivity index (χ1) is 8.26. The highest BCUT2D eigenvalue weighted by atomic mass is 32.2. The third-order valence-electron chi connectivity index (χ3n) is 2.57. The van der Waals surface area contributed by atoms with Gasteiger partial charge in [0.25, 0.3) is 0 Å². The van der Waals surface area contributed by atoms with Crippen molar-refractivity contribution in [3.05, 3.63) is 41.7 Å². The summed E-state index contributed by atoms with van der Waals surface area (Å²) in [5, 5.41) is 4.35. The van der Waals surface area contributed by atoms with E-state index in [9.17, 15) is 0 Å². The summed E-state index contributed by atoms with van der Waals surface area (Å²) in [6.45, 7) is 4.73. The first-order valence-electron chi connectivity index (χ1n) is 5.72. The van der Waals surface area contributed by atoms with Crippen LogP contribution in [0.25, 0.3) is 5.69 Å². The van der Waals surface area contributed by atoms with Crippen LogP contribution in [0, 0.1) is 6.92 Å². The fraction of sp³-hybridized carbons (Fsp3) is 0.308. The number of thioether (sulfide) groups is 1. The molecule has 4 heteroatoms. The molecule has 17 heavy (non-hydrogen) atoms. The summed E-state index contributed by atoms with van der Waals surface area (Å²) in [6.07, 6.45) is 3.88. The number of rotatable bonds is 4. The maximum atomic E-state index is 5.87. The molecule has 0 atom stereocenters. The number of nitrogens with zero attached hydrogens (tertiary/aromatic N) is 2. The van der Waals surface area contributed by atoms with Gasteiger partial charge in [0.2, 0.25) is 0 Å². The standard InChI is InChI=1S/C13H17N3S/c1-3-17-13-6-4-5-12(11(13)7-14)16-9-10(2)8-15-16/h4-6,8-9H,3,7,14H2,1-2H3. The monoisotopic (exact) mass is 247 g/mol. The lowest BCUT2D eigenvalue weighted by molar-refractivity contribution is 0.848. The molecule has 0 aliphatic rings. The van der Waals surface area contributed by atoms with Crippen molar-refractivity contribution in [2.24, 2.45) is 5.73 Å². The molecule has 0 aliphatic carbocycles. The van der Waals surface area contributed by atoms with Gasteiger partial charge in [0.15, 0.2) is 0 Å². The minimum Gasteiger partial charge on any atom is -0.326 e. The van der Waals surface area contributed by atoms with Crippen LogP contribution < -0.4 is 5.73 Å². The third kappa shape index (κ3) is 2.53. The lowest BCUT2D eigenvalue weighted by atomic mass is 10.2. The molecule has 0 saturated heterocycles. The minimum atomic E-state index is 0.539. The van der Waals surface area contributed by atoms with Gasteiger partial charge in [-0.1, -0.05) is 13.0 Å². The molecule has 0 amide bonds. The first kappa shape index (κ1) is 12.2. The Labute approximate surface area is 106 Å². The van der Waals surface area contributed by atoms with Crippen molar-refractivity contribution in [3.8, 4) is 5.69 Å². The zero-order chi connectivity index (χ0) is 12.3. The van der Waals surface area contributed by atoms with Crippen molar-refractivity contribution < 1.29 is 0 Å². The van der Waals surface area contributed by atoms with E-state index in [2.05, 4.69) is 30.2 Å². The van der Waals surface area contributed by atoms with Gasteiger partial charge in [0.1, 0.15) is 0 Å². The van der Waals surface area contributed by atoms with Gasteiger partial charge in [-0.25, -0.2) is 4.68 Å². The van der Waals surface area contributed by atoms with Gasteiger partial charge in [0.05, 0.1) is 11.9 Å². The number of nitrogens with two attached hydrogens (primary N) is 1. The lowest BCUT2D eigenvalue weighted by Gasteiger charge is -2.12. The molecule has 90 valence electrons. The van der Waals surface area contributed by atoms with Gasteiger partial charge < -0.3 is 5.73 Å². The van der Waals surface area contributed by atoms with Crippen molar-refractivity contribution in [1.29, 1.82) is 0 Å². The lowest BCUT2D eigenvalue weighted by Crippen LogP contribution is -2.06. The van der Waals surface area contributed by atoms with Gasteiger partial charge in [-0.05, 0) is 30.4 Å². The summed E-state index contributed by atoms with van der Waals surface area (Å²) < 4.78 is 1.90. The predicted molar refractivity (Wildman–Crippen MR) is 72.6 cm³/mol. The van der Waals surface area contributed by atoms with Gasteiger partial charge in [-0.2, -0.15) is 5.10 Å². The van der Waals surface area contributed by atoms with E-state index in [-0.39, 0.29) is 0 Å². The highest BCUT2D eigenvalue weighted by Crippen LogP contribution is 2.27. The number of aryl methyl sites for hydroxylation is 1. The van der Waals surface area contributed by atoms with E-state index in [1.54, 1.807) is 0 Å². The molecule has 1 heterocycles. The van der Waals surface area contributed by atoms with Crippen LogP contribution in [0.4, 0.5) is 0 Å². The number of hydrogen-bond acceptors (Lipinski definition) is 3. The quantitative estimate of drug-likeness (QED) is 0.845. The average molecular weight is 247 g/mol. The summed E-state index contributed by atoms with van der Waals surface area (Å²) in [6, 6.07) is 6.24. The Morgan fingerprint density at radius 1 is 1.41 bits per heavy atom. The summed E-state index contributed by atoms with van der Waals surface area (Å²) in [5.74, 6) is 1.05. The van der Waals surface area contributed by atoms with Gasteiger partial charge in [-0.3, -0.25) is 0 Å². The van der Waals surface area contributed by atoms with Crippen molar-refractivity contribution in [3.63, 3.8) is 0 Å². The Balaban J connectivity index is 2.49. The second-order valence-corrected chi connectivity index (χ2v) is 5.16. The molecule has 0 unspecified atom stereocenters. The fourth-order valence-corrected chi connectivity index (χ4v) is 2.66. The normalized spacial score (nSPS) is 10.8. The SMILES string of the molecule is CCSc1cccc(-n2cc(C)cn2)c1CN. The molecular formula is C13H17N3S. The first-order valence-corrected chi connectivity index (χ1v) is 6.71. The molecule has 2 rings (SSSR count). The van der Waals surface area contributed by atoms with E-state index in [0.717, 1.165) is 17.0 Å². The van der Waals surface area contributed by atoms with E-state index >= 15 is 0 Å². The van der Waals surface area contributed by atoms with E-state index in [4.69, 9.17) is 5.73 Å². The van der Waals surface area contributed by atoms with Crippen molar-refractivity contribution in [2.75, 3.05) is 5.75 Å². The molecule has 1 aromatic carbocycles. The van der Waals surface area contributed by atoms with E-state index in [1.165, 1.54) is 10.5 Å². The zero-order valence-corrected chi connectivity index (χ0v) is 11.0. The van der Waals surface area contributed by atoms with Crippen LogP contribution in [-0.4, -0.2) is 15.5 Å². The highest BCUT2D eigenvalue weighted by molar-refractivity contribution is 7.99. The Morgan fingerprint density at radius 3 is 2.82 bits per heavy atom. The Morgan fingerprint density at radius 2 is 2.24 bits per heavy atom. The molecule has 0 saturated carbocycles. The Kier molecular flexibility index (Phi) is 3.86. The van der Waals surface area contributed by atoms with Crippen LogP contribution in [0.1, 0.15) is 18.1 Å². The molecule has 1 aromatic heterocycles. The molecule has 0 fully saturated rings. The fourth-order valence-electron chi connectivity index (χ4n) is 1.81. The summed E-state index contributed by atoms with van der Waals surface area (Å²) in [7, 11) is 0. The molecule has 2 N–H and O–H groups in total. The number of hydrogen-bond donors (Lipinski definition) is 1. The largest absolute Gasteiger partial charge is 0.326 e. The topological polar surface area (TPSA) is 43.8 Å². The highest BCUT2D eigenvalue weighted by Gasteiger charge is 2.09. The maximum Gasteiger partial charge on any atom is 0.0701 e. The van der Waals surface area contributed by atoms with Crippen molar-refractivity contribution >= 4 is 11.8 Å². The van der Waals surface area contributed by atoms with Crippen LogP contribution in [0.5, 0.6) is 0 Å². The second-order valence-electron chi connectivity index (χ2n) is 3.85.